The van der Waals surface area contributed by atoms with Crippen molar-refractivity contribution in [3.05, 3.63) is 64.7 Å². The minimum atomic E-state index is -2.31. The highest BCUT2D eigenvalue weighted by Crippen LogP contribution is 2.45. The summed E-state index contributed by atoms with van der Waals surface area (Å²) in [5.74, 6) is -0.620. The number of carbonyl (C=O) groups excluding carboxylic acids is 2. The summed E-state index contributed by atoms with van der Waals surface area (Å²) in [5, 5.41) is 2.80. The molecule has 236 valence electrons. The van der Waals surface area contributed by atoms with Crippen LogP contribution >= 0.6 is 0 Å². The average Bonchev–Trinajstić information content (AvgIpc) is 3.23. The fourth-order valence-electron chi connectivity index (χ4n) is 7.03. The van der Waals surface area contributed by atoms with Crippen LogP contribution in [0.15, 0.2) is 36.4 Å². The Morgan fingerprint density at radius 1 is 1.05 bits per heavy atom. The van der Waals surface area contributed by atoms with E-state index < -0.39 is 55.9 Å². The Morgan fingerprint density at radius 3 is 2.21 bits per heavy atom. The second-order valence-corrected chi connectivity index (χ2v) is 19.2. The highest BCUT2D eigenvalue weighted by Gasteiger charge is 2.49. The number of rotatable bonds is 8. The summed E-state index contributed by atoms with van der Waals surface area (Å²) in [6.07, 6.45) is -1.43. The Morgan fingerprint density at radius 2 is 1.65 bits per heavy atom. The van der Waals surface area contributed by atoms with Crippen LogP contribution in [0.3, 0.4) is 0 Å². The minimum absolute atomic E-state index is 0.130. The van der Waals surface area contributed by atoms with E-state index in [2.05, 4.69) is 46.9 Å². The number of fused-ring (bicyclic) bond motifs is 1. The maximum absolute atomic E-state index is 14.0. The summed E-state index contributed by atoms with van der Waals surface area (Å²) in [7, 11) is -2.31. The molecule has 1 N–H and O–H groups in total. The van der Waals surface area contributed by atoms with E-state index in [1.165, 1.54) is 12.1 Å². The fraction of sp³-hybridized carbons (Fsp3) is 0.576. The minimum Gasteiger partial charge on any atom is -0.542 e. The summed E-state index contributed by atoms with van der Waals surface area (Å²) in [6, 6.07) is 8.07. The van der Waals surface area contributed by atoms with Gasteiger partial charge in [-0.15, -0.1) is 0 Å². The molecule has 0 bridgehead atoms. The molecule has 2 aromatic carbocycles. The molecule has 1 fully saturated rings. The fourth-order valence-corrected chi connectivity index (χ4v) is 12.3. The van der Waals surface area contributed by atoms with Gasteiger partial charge in [0.25, 0.3) is 8.32 Å². The highest BCUT2D eigenvalue weighted by molar-refractivity contribution is 6.78. The van der Waals surface area contributed by atoms with Crippen molar-refractivity contribution in [3.8, 4) is 5.75 Å². The van der Waals surface area contributed by atoms with Crippen molar-refractivity contribution in [1.82, 2.24) is 10.2 Å². The van der Waals surface area contributed by atoms with Crippen LogP contribution < -0.4 is 9.74 Å². The van der Waals surface area contributed by atoms with Gasteiger partial charge in [0, 0.05) is 11.6 Å². The van der Waals surface area contributed by atoms with Crippen molar-refractivity contribution in [2.45, 2.75) is 122 Å². The highest BCUT2D eigenvalue weighted by atomic mass is 28.4. The van der Waals surface area contributed by atoms with Crippen LogP contribution in [0.4, 0.5) is 18.4 Å². The molecule has 2 amide bonds. The van der Waals surface area contributed by atoms with E-state index in [1.54, 1.807) is 25.7 Å². The molecule has 4 rings (SSSR count). The van der Waals surface area contributed by atoms with Crippen LogP contribution in [0, 0.1) is 11.6 Å². The first-order valence-electron chi connectivity index (χ1n) is 15.2. The number of nitrogens with one attached hydrogen (secondary N) is 1. The lowest BCUT2D eigenvalue weighted by Gasteiger charge is -2.44. The molecule has 1 unspecified atom stereocenters. The quantitative estimate of drug-likeness (QED) is 0.305. The molecule has 1 saturated heterocycles. The van der Waals surface area contributed by atoms with E-state index in [4.69, 9.17) is 13.9 Å². The summed E-state index contributed by atoms with van der Waals surface area (Å²) >= 11 is 0. The van der Waals surface area contributed by atoms with Crippen molar-refractivity contribution in [3.63, 3.8) is 0 Å². The van der Waals surface area contributed by atoms with Crippen LogP contribution in [-0.4, -0.2) is 49.2 Å². The Labute approximate surface area is 255 Å². The normalized spacial score (nSPS) is 20.7. The summed E-state index contributed by atoms with van der Waals surface area (Å²) < 4.78 is 46.7. The molecule has 0 spiro atoms. The van der Waals surface area contributed by atoms with Gasteiger partial charge < -0.3 is 19.2 Å². The molecule has 0 aliphatic carbocycles. The van der Waals surface area contributed by atoms with E-state index in [9.17, 15) is 18.4 Å². The van der Waals surface area contributed by atoms with Gasteiger partial charge in [-0.1, -0.05) is 53.7 Å². The van der Waals surface area contributed by atoms with E-state index >= 15 is 0 Å². The molecule has 7 nitrogen and oxygen atoms in total. The number of amides is 2. The Kier molecular flexibility index (Phi) is 9.49. The van der Waals surface area contributed by atoms with Crippen LogP contribution in [0.5, 0.6) is 5.75 Å². The maximum atomic E-state index is 14.0. The number of carbonyl (C=O) groups is 2. The van der Waals surface area contributed by atoms with Crippen molar-refractivity contribution in [2.24, 2.45) is 0 Å². The molecule has 2 aliphatic rings. The first-order chi connectivity index (χ1) is 20.0. The zero-order chi connectivity index (χ0) is 31.9. The molecular weight excluding hydrogens is 570 g/mol. The smallest absolute Gasteiger partial charge is 0.410 e. The lowest BCUT2D eigenvalue weighted by Crippen LogP contribution is -2.56. The van der Waals surface area contributed by atoms with Crippen LogP contribution in [-0.2, 0) is 28.9 Å². The summed E-state index contributed by atoms with van der Waals surface area (Å²) in [4.78, 5) is 27.9. The van der Waals surface area contributed by atoms with Gasteiger partial charge in [-0.2, -0.15) is 0 Å². The first kappa shape index (κ1) is 32.8. The largest absolute Gasteiger partial charge is 0.542 e. The van der Waals surface area contributed by atoms with Crippen molar-refractivity contribution in [2.75, 3.05) is 0 Å². The molecule has 0 saturated carbocycles. The topological polar surface area (TPSA) is 77.1 Å². The van der Waals surface area contributed by atoms with Crippen molar-refractivity contribution in [1.29, 1.82) is 0 Å². The lowest BCUT2D eigenvalue weighted by atomic mass is 9.87. The predicted molar refractivity (Wildman–Crippen MR) is 165 cm³/mol. The third kappa shape index (κ3) is 7.00. The number of cyclic esters (lactones) is 1. The molecular formula is C33H46F2N2O5Si. The monoisotopic (exact) mass is 616 g/mol. The van der Waals surface area contributed by atoms with Gasteiger partial charge in [-0.3, -0.25) is 4.90 Å². The Bertz CT molecular complexity index is 1300. The van der Waals surface area contributed by atoms with E-state index in [0.717, 1.165) is 22.9 Å². The number of alkyl carbamates (subject to hydrolysis) is 1. The molecule has 3 atom stereocenters. The molecule has 2 aliphatic heterocycles. The number of nitrogens with zero attached hydrogens (tertiary/aromatic N) is 1. The third-order valence-electron chi connectivity index (χ3n) is 8.71. The molecule has 10 heteroatoms. The number of halogens is 2. The van der Waals surface area contributed by atoms with Gasteiger partial charge in [-0.25, -0.2) is 18.4 Å². The van der Waals surface area contributed by atoms with Gasteiger partial charge in [0.2, 0.25) is 0 Å². The van der Waals surface area contributed by atoms with Crippen molar-refractivity contribution >= 4 is 20.5 Å². The number of ether oxygens (including phenoxy) is 2. The van der Waals surface area contributed by atoms with Gasteiger partial charge in [-0.05, 0) is 79.6 Å². The van der Waals surface area contributed by atoms with Crippen LogP contribution in [0.1, 0.15) is 79.0 Å². The maximum Gasteiger partial charge on any atom is 0.410 e. The van der Waals surface area contributed by atoms with E-state index in [-0.39, 0.29) is 13.0 Å². The van der Waals surface area contributed by atoms with Crippen molar-refractivity contribution < 1.29 is 32.3 Å². The zero-order valence-corrected chi connectivity index (χ0v) is 27.8. The molecule has 2 heterocycles. The Hall–Kier alpha value is -3.14. The van der Waals surface area contributed by atoms with E-state index in [1.807, 2.05) is 18.2 Å². The van der Waals surface area contributed by atoms with Gasteiger partial charge in [0.05, 0.1) is 18.6 Å². The first-order valence-corrected chi connectivity index (χ1v) is 17.4. The van der Waals surface area contributed by atoms with E-state index in [0.29, 0.717) is 28.6 Å². The second kappa shape index (κ2) is 12.5. The van der Waals surface area contributed by atoms with Gasteiger partial charge in [0.1, 0.15) is 29.1 Å². The third-order valence-corrected chi connectivity index (χ3v) is 14.7. The van der Waals surface area contributed by atoms with Crippen LogP contribution in [0.25, 0.3) is 0 Å². The number of benzene rings is 2. The average molecular weight is 617 g/mol. The van der Waals surface area contributed by atoms with Gasteiger partial charge >= 0.3 is 12.2 Å². The molecule has 2 aromatic rings. The summed E-state index contributed by atoms with van der Waals surface area (Å²) in [5.41, 5.74) is 2.63. The zero-order valence-electron chi connectivity index (χ0n) is 26.8. The van der Waals surface area contributed by atoms with Crippen LogP contribution in [0.2, 0.25) is 16.6 Å². The number of hydrogen-bond acceptors (Lipinski definition) is 5. The molecule has 43 heavy (non-hydrogen) atoms. The summed E-state index contributed by atoms with van der Waals surface area (Å²) in [6.45, 7) is 19.0. The predicted octanol–water partition coefficient (Wildman–Crippen LogP) is 7.90. The number of hydrogen-bond donors (Lipinski definition) is 1. The Balaban J connectivity index is 1.75. The molecule has 0 radical (unpaired) electrons. The molecule has 0 aromatic heterocycles. The SMILES string of the molecule is CC(C)[Si](Oc1cccc2c1CN(C(=O)OC(C)(C)C)C([C@H]1OC(=O)N[C@H]1Cc1cc(F)cc(F)c1)C2)(C(C)C)C(C)C. The lowest BCUT2D eigenvalue weighted by molar-refractivity contribution is -0.0116. The standard InChI is InChI=1S/C33H46F2N2O5Si/c1-19(2)43(20(3)4,21(5)6)42-29-12-10-11-23-16-28(37(18-26(23)29)32(39)41-33(7,8)9)30-27(36-31(38)40-30)15-22-13-24(34)17-25(35)14-22/h10-14,17,19-21,27-28,30H,15-16,18H2,1-9H3,(H,36,38)/t27-,28?,30-/m0/s1. The van der Waals surface area contributed by atoms with Gasteiger partial charge in [0.15, 0.2) is 0 Å². The second-order valence-electron chi connectivity index (χ2n) is 13.8.